The molecule has 0 saturated heterocycles. The van der Waals surface area contributed by atoms with Crippen molar-refractivity contribution in [3.05, 3.63) is 59.9 Å². The summed E-state index contributed by atoms with van der Waals surface area (Å²) in [5.41, 5.74) is 0.317. The Balaban J connectivity index is 1.73. The average molecular weight is 354 g/mol. The molecular formula is C16H13F3N2O2S. The Hall–Kier alpha value is -2.48. The molecule has 0 spiro atoms. The van der Waals surface area contributed by atoms with Crippen LogP contribution in [0.3, 0.4) is 0 Å². The molecule has 2 amide bonds. The Morgan fingerprint density at radius 1 is 0.833 bits per heavy atom. The summed E-state index contributed by atoms with van der Waals surface area (Å²) < 4.78 is 38.9. The van der Waals surface area contributed by atoms with Crippen LogP contribution >= 0.6 is 11.8 Å². The van der Waals surface area contributed by atoms with E-state index >= 15 is 0 Å². The van der Waals surface area contributed by atoms with Crippen molar-refractivity contribution in [2.24, 2.45) is 0 Å². The van der Waals surface area contributed by atoms with Crippen LogP contribution in [0.25, 0.3) is 0 Å². The number of benzene rings is 2. The Bertz CT molecular complexity index is 739. The van der Waals surface area contributed by atoms with Gasteiger partial charge in [-0.3, -0.25) is 9.59 Å². The highest BCUT2D eigenvalue weighted by atomic mass is 32.2. The number of carbonyl (C=O) groups excluding carboxylic acids is 2. The minimum absolute atomic E-state index is 0.00328. The van der Waals surface area contributed by atoms with Gasteiger partial charge in [-0.1, -0.05) is 0 Å². The van der Waals surface area contributed by atoms with E-state index in [1.54, 1.807) is 0 Å². The number of hydrogen-bond donors (Lipinski definition) is 2. The highest BCUT2D eigenvalue weighted by Gasteiger charge is 2.09. The summed E-state index contributed by atoms with van der Waals surface area (Å²) in [4.78, 5) is 23.3. The summed E-state index contributed by atoms with van der Waals surface area (Å²) in [5.74, 6) is -2.97. The van der Waals surface area contributed by atoms with Crippen LogP contribution in [0.1, 0.15) is 0 Å². The van der Waals surface area contributed by atoms with Gasteiger partial charge >= 0.3 is 0 Å². The molecule has 2 N–H and O–H groups in total. The number of halogens is 3. The number of thioether (sulfide) groups is 1. The van der Waals surface area contributed by atoms with Crippen LogP contribution in [-0.4, -0.2) is 23.3 Å². The lowest BCUT2D eigenvalue weighted by molar-refractivity contribution is -0.114. The lowest BCUT2D eigenvalue weighted by Gasteiger charge is -2.07. The van der Waals surface area contributed by atoms with Gasteiger partial charge in [0.05, 0.1) is 17.2 Å². The largest absolute Gasteiger partial charge is 0.325 e. The van der Waals surface area contributed by atoms with E-state index in [9.17, 15) is 22.8 Å². The molecule has 0 fully saturated rings. The Morgan fingerprint density at radius 3 is 2.04 bits per heavy atom. The summed E-state index contributed by atoms with van der Waals surface area (Å²) in [7, 11) is 0. The fraction of sp³-hybridized carbons (Fsp3) is 0.125. The maximum Gasteiger partial charge on any atom is 0.234 e. The van der Waals surface area contributed by atoms with Crippen LogP contribution in [0.2, 0.25) is 0 Å². The lowest BCUT2D eigenvalue weighted by atomic mass is 10.3. The summed E-state index contributed by atoms with van der Waals surface area (Å²) in [6.07, 6.45) is 0. The molecule has 0 aliphatic carbocycles. The molecule has 0 unspecified atom stereocenters. The SMILES string of the molecule is O=C(CSCC(=O)Nc1ccc(F)cc1F)Nc1ccc(F)cc1. The monoisotopic (exact) mass is 354 g/mol. The number of hydrogen-bond acceptors (Lipinski definition) is 3. The summed E-state index contributed by atoms with van der Waals surface area (Å²) in [6.45, 7) is 0. The standard InChI is InChI=1S/C16H13F3N2O2S/c17-10-1-4-12(5-2-10)20-15(22)8-24-9-16(23)21-14-6-3-11(18)7-13(14)19/h1-7H,8-9H2,(H,20,22)(H,21,23). The molecule has 0 aliphatic rings. The van der Waals surface area contributed by atoms with E-state index in [-0.39, 0.29) is 23.1 Å². The second-order valence-corrected chi connectivity index (χ2v) is 5.71. The van der Waals surface area contributed by atoms with Gasteiger partial charge in [-0.2, -0.15) is 0 Å². The second-order valence-electron chi connectivity index (χ2n) is 4.72. The molecule has 0 radical (unpaired) electrons. The van der Waals surface area contributed by atoms with Gasteiger partial charge in [-0.05, 0) is 36.4 Å². The van der Waals surface area contributed by atoms with Crippen molar-refractivity contribution in [1.29, 1.82) is 0 Å². The van der Waals surface area contributed by atoms with Crippen molar-refractivity contribution in [3.8, 4) is 0 Å². The van der Waals surface area contributed by atoms with Crippen molar-refractivity contribution >= 4 is 35.0 Å². The van der Waals surface area contributed by atoms with Crippen LogP contribution in [0.15, 0.2) is 42.5 Å². The molecular weight excluding hydrogens is 341 g/mol. The van der Waals surface area contributed by atoms with E-state index in [0.29, 0.717) is 11.8 Å². The fourth-order valence-electron chi connectivity index (χ4n) is 1.74. The van der Waals surface area contributed by atoms with Gasteiger partial charge in [-0.25, -0.2) is 13.2 Å². The zero-order valence-corrected chi connectivity index (χ0v) is 13.1. The maximum absolute atomic E-state index is 13.4. The quantitative estimate of drug-likeness (QED) is 0.836. The van der Waals surface area contributed by atoms with Gasteiger partial charge in [0.1, 0.15) is 17.5 Å². The van der Waals surface area contributed by atoms with Gasteiger partial charge in [0.2, 0.25) is 11.8 Å². The van der Waals surface area contributed by atoms with Crippen molar-refractivity contribution in [1.82, 2.24) is 0 Å². The first kappa shape index (κ1) is 17.9. The van der Waals surface area contributed by atoms with Gasteiger partial charge in [0.15, 0.2) is 0 Å². The van der Waals surface area contributed by atoms with E-state index in [1.165, 1.54) is 24.3 Å². The normalized spacial score (nSPS) is 10.3. The minimum atomic E-state index is -0.873. The number of amides is 2. The highest BCUT2D eigenvalue weighted by molar-refractivity contribution is 8.00. The summed E-state index contributed by atoms with van der Waals surface area (Å²) in [5, 5.41) is 4.84. The molecule has 0 heterocycles. The number of carbonyl (C=O) groups is 2. The van der Waals surface area contributed by atoms with E-state index < -0.39 is 23.4 Å². The first-order chi connectivity index (χ1) is 11.4. The Kier molecular flexibility index (Phi) is 6.25. The number of anilines is 2. The molecule has 0 aromatic heterocycles. The highest BCUT2D eigenvalue weighted by Crippen LogP contribution is 2.15. The molecule has 2 aromatic carbocycles. The van der Waals surface area contributed by atoms with Gasteiger partial charge in [-0.15, -0.1) is 11.8 Å². The predicted octanol–water partition coefficient (Wildman–Crippen LogP) is 3.41. The van der Waals surface area contributed by atoms with Crippen molar-refractivity contribution in [3.63, 3.8) is 0 Å². The van der Waals surface area contributed by atoms with Crippen molar-refractivity contribution in [2.45, 2.75) is 0 Å². The first-order valence-electron chi connectivity index (χ1n) is 6.82. The molecule has 24 heavy (non-hydrogen) atoms. The third-order valence-electron chi connectivity index (χ3n) is 2.80. The fourth-order valence-corrected chi connectivity index (χ4v) is 2.36. The Morgan fingerprint density at radius 2 is 1.42 bits per heavy atom. The molecule has 0 aliphatic heterocycles. The smallest absolute Gasteiger partial charge is 0.234 e. The van der Waals surface area contributed by atoms with E-state index in [0.717, 1.165) is 23.9 Å². The molecule has 126 valence electrons. The zero-order valence-electron chi connectivity index (χ0n) is 12.3. The summed E-state index contributed by atoms with van der Waals surface area (Å²) >= 11 is 1.03. The van der Waals surface area contributed by atoms with E-state index in [2.05, 4.69) is 10.6 Å². The van der Waals surface area contributed by atoms with Gasteiger partial charge in [0.25, 0.3) is 0 Å². The topological polar surface area (TPSA) is 58.2 Å². The zero-order chi connectivity index (χ0) is 17.5. The second kappa shape index (κ2) is 8.39. The van der Waals surface area contributed by atoms with Crippen LogP contribution < -0.4 is 10.6 Å². The average Bonchev–Trinajstić information content (AvgIpc) is 2.52. The Labute approximate surface area is 140 Å². The van der Waals surface area contributed by atoms with Crippen molar-refractivity contribution < 1.29 is 22.8 Å². The third kappa shape index (κ3) is 5.62. The molecule has 0 bridgehead atoms. The van der Waals surface area contributed by atoms with Crippen LogP contribution in [0.4, 0.5) is 24.5 Å². The van der Waals surface area contributed by atoms with Crippen LogP contribution in [0.5, 0.6) is 0 Å². The van der Waals surface area contributed by atoms with Gasteiger partial charge in [0, 0.05) is 11.8 Å². The van der Waals surface area contributed by atoms with E-state index in [4.69, 9.17) is 0 Å². The number of nitrogens with one attached hydrogen (secondary N) is 2. The van der Waals surface area contributed by atoms with Crippen molar-refractivity contribution in [2.75, 3.05) is 22.1 Å². The molecule has 4 nitrogen and oxygen atoms in total. The third-order valence-corrected chi connectivity index (χ3v) is 3.73. The molecule has 0 saturated carbocycles. The van der Waals surface area contributed by atoms with Gasteiger partial charge < -0.3 is 10.6 Å². The van der Waals surface area contributed by atoms with E-state index in [1.807, 2.05) is 0 Å². The molecule has 8 heteroatoms. The predicted molar refractivity (Wildman–Crippen MR) is 87.3 cm³/mol. The minimum Gasteiger partial charge on any atom is -0.325 e. The van der Waals surface area contributed by atoms with Crippen LogP contribution in [-0.2, 0) is 9.59 Å². The molecule has 2 rings (SSSR count). The first-order valence-corrected chi connectivity index (χ1v) is 7.97. The van der Waals surface area contributed by atoms with Crippen LogP contribution in [0, 0.1) is 17.5 Å². The molecule has 0 atom stereocenters. The number of rotatable bonds is 6. The lowest BCUT2D eigenvalue weighted by Crippen LogP contribution is -2.19. The maximum atomic E-state index is 13.4. The summed E-state index contributed by atoms with van der Waals surface area (Å²) in [6, 6.07) is 8.08. The molecule has 2 aromatic rings.